The summed E-state index contributed by atoms with van der Waals surface area (Å²) in [6.45, 7) is 2.85. The second kappa shape index (κ2) is 8.66. The largest absolute Gasteiger partial charge is 0.351 e. The van der Waals surface area contributed by atoms with Gasteiger partial charge in [-0.05, 0) is 36.2 Å². The van der Waals surface area contributed by atoms with Gasteiger partial charge in [0.2, 0.25) is 11.7 Å². The number of hydrogen-bond acceptors (Lipinski definition) is 5. The summed E-state index contributed by atoms with van der Waals surface area (Å²) < 4.78 is 16.4. The van der Waals surface area contributed by atoms with Crippen LogP contribution in [0.4, 0.5) is 4.39 Å². The van der Waals surface area contributed by atoms with Gasteiger partial charge in [-0.15, -0.1) is 10.2 Å². The van der Waals surface area contributed by atoms with Crippen molar-refractivity contribution in [2.24, 2.45) is 0 Å². The highest BCUT2D eigenvalue weighted by molar-refractivity contribution is 7.99. The Morgan fingerprint density at radius 1 is 1.13 bits per heavy atom. The fraction of sp³-hybridized carbons (Fsp3) is 0.238. The predicted octanol–water partition coefficient (Wildman–Crippen LogP) is 3.00. The summed E-state index contributed by atoms with van der Waals surface area (Å²) in [5.41, 5.74) is 1.43. The smallest absolute Gasteiger partial charge is 0.262 e. The maximum Gasteiger partial charge on any atom is 0.262 e. The molecule has 0 radical (unpaired) electrons. The lowest BCUT2D eigenvalue weighted by Gasteiger charge is -2.10. The number of amides is 1. The number of benzene rings is 2. The van der Waals surface area contributed by atoms with Crippen molar-refractivity contribution >= 4 is 34.3 Å². The van der Waals surface area contributed by atoms with Crippen LogP contribution in [-0.2, 0) is 17.9 Å². The fourth-order valence-corrected chi connectivity index (χ4v) is 4.01. The van der Waals surface area contributed by atoms with Crippen LogP contribution in [0.25, 0.3) is 16.7 Å². The lowest BCUT2D eigenvalue weighted by atomic mass is 10.2. The average Bonchev–Trinajstić information content (AvgIpc) is 3.19. The molecular weight excluding hydrogens is 405 g/mol. The zero-order valence-electron chi connectivity index (χ0n) is 16.3. The Balaban J connectivity index is 1.56. The van der Waals surface area contributed by atoms with E-state index in [0.717, 1.165) is 12.0 Å². The SMILES string of the molecule is CCCn1c(=O)c2ccccc2n2c(SCC(=O)NCc3ccc(F)cc3)nnc12. The molecule has 2 aromatic heterocycles. The molecule has 0 fully saturated rings. The molecular formula is C21H20FN5O2S. The van der Waals surface area contributed by atoms with Gasteiger partial charge in [0.1, 0.15) is 5.82 Å². The number of rotatable bonds is 7. The molecule has 7 nitrogen and oxygen atoms in total. The van der Waals surface area contributed by atoms with Crippen LogP contribution in [0.5, 0.6) is 0 Å². The van der Waals surface area contributed by atoms with Crippen molar-refractivity contribution in [3.63, 3.8) is 0 Å². The molecule has 9 heteroatoms. The molecule has 2 heterocycles. The van der Waals surface area contributed by atoms with Crippen LogP contribution in [0.1, 0.15) is 18.9 Å². The van der Waals surface area contributed by atoms with E-state index in [-0.39, 0.29) is 23.0 Å². The van der Waals surface area contributed by atoms with E-state index in [1.807, 2.05) is 29.5 Å². The van der Waals surface area contributed by atoms with E-state index in [1.165, 1.54) is 23.9 Å². The Hall–Kier alpha value is -3.20. The van der Waals surface area contributed by atoms with Gasteiger partial charge in [-0.2, -0.15) is 0 Å². The molecule has 4 aromatic rings. The van der Waals surface area contributed by atoms with Gasteiger partial charge in [-0.1, -0.05) is 43.0 Å². The summed E-state index contributed by atoms with van der Waals surface area (Å²) in [7, 11) is 0. The van der Waals surface area contributed by atoms with Gasteiger partial charge in [0.05, 0.1) is 16.7 Å². The summed E-state index contributed by atoms with van der Waals surface area (Å²) in [5, 5.41) is 12.4. The molecule has 4 rings (SSSR count). The molecule has 0 unspecified atom stereocenters. The molecule has 0 bridgehead atoms. The standard InChI is InChI=1S/C21H20FN5O2S/c1-2-11-26-19(29)16-5-3-4-6-17(16)27-20(26)24-25-21(27)30-13-18(28)23-12-14-7-9-15(22)10-8-14/h3-10H,2,11-13H2,1H3,(H,23,28). The molecule has 0 aliphatic heterocycles. The van der Waals surface area contributed by atoms with E-state index >= 15 is 0 Å². The minimum absolute atomic E-state index is 0.0964. The van der Waals surface area contributed by atoms with E-state index in [0.29, 0.717) is 34.9 Å². The number of aryl methyl sites for hydroxylation is 1. The molecule has 2 aromatic carbocycles. The van der Waals surface area contributed by atoms with E-state index < -0.39 is 0 Å². The average molecular weight is 425 g/mol. The summed E-state index contributed by atoms with van der Waals surface area (Å²) >= 11 is 1.25. The maximum atomic E-state index is 13.0. The van der Waals surface area contributed by atoms with Crippen LogP contribution >= 0.6 is 11.8 Å². The third-order valence-corrected chi connectivity index (χ3v) is 5.59. The van der Waals surface area contributed by atoms with Crippen LogP contribution in [0.2, 0.25) is 0 Å². The number of para-hydroxylation sites is 1. The molecule has 1 N–H and O–H groups in total. The maximum absolute atomic E-state index is 13.0. The van der Waals surface area contributed by atoms with Gasteiger partial charge in [-0.3, -0.25) is 18.6 Å². The Kier molecular flexibility index (Phi) is 5.80. The lowest BCUT2D eigenvalue weighted by molar-refractivity contribution is -0.118. The van der Waals surface area contributed by atoms with Crippen molar-refractivity contribution in [3.8, 4) is 0 Å². The van der Waals surface area contributed by atoms with Gasteiger partial charge >= 0.3 is 0 Å². The molecule has 30 heavy (non-hydrogen) atoms. The molecule has 0 spiro atoms. The molecule has 0 saturated heterocycles. The summed E-state index contributed by atoms with van der Waals surface area (Å²) in [4.78, 5) is 25.1. The Labute approximate surface area is 175 Å². The van der Waals surface area contributed by atoms with Crippen molar-refractivity contribution in [3.05, 3.63) is 70.3 Å². The first kappa shape index (κ1) is 20.1. The van der Waals surface area contributed by atoms with Crippen molar-refractivity contribution < 1.29 is 9.18 Å². The van der Waals surface area contributed by atoms with E-state index in [9.17, 15) is 14.0 Å². The minimum atomic E-state index is -0.312. The van der Waals surface area contributed by atoms with E-state index in [4.69, 9.17) is 0 Å². The van der Waals surface area contributed by atoms with E-state index in [2.05, 4.69) is 15.5 Å². The number of aromatic nitrogens is 4. The predicted molar refractivity (Wildman–Crippen MR) is 114 cm³/mol. The number of halogens is 1. The third-order valence-electron chi connectivity index (χ3n) is 4.66. The zero-order chi connectivity index (χ0) is 21.1. The lowest BCUT2D eigenvalue weighted by Crippen LogP contribution is -2.25. The molecule has 154 valence electrons. The van der Waals surface area contributed by atoms with Crippen molar-refractivity contribution in [2.45, 2.75) is 31.6 Å². The second-order valence-corrected chi connectivity index (χ2v) is 7.73. The number of fused-ring (bicyclic) bond motifs is 3. The Bertz CT molecular complexity index is 1270. The zero-order valence-corrected chi connectivity index (χ0v) is 17.2. The molecule has 0 aliphatic rings. The van der Waals surface area contributed by atoms with Gasteiger partial charge in [0.15, 0.2) is 5.16 Å². The van der Waals surface area contributed by atoms with Gasteiger partial charge in [0, 0.05) is 13.1 Å². The van der Waals surface area contributed by atoms with Gasteiger partial charge < -0.3 is 5.32 Å². The number of carbonyl (C=O) groups is 1. The molecule has 0 atom stereocenters. The monoisotopic (exact) mass is 425 g/mol. The Morgan fingerprint density at radius 3 is 2.67 bits per heavy atom. The first-order chi connectivity index (χ1) is 14.6. The highest BCUT2D eigenvalue weighted by Gasteiger charge is 2.17. The first-order valence-corrected chi connectivity index (χ1v) is 10.6. The number of thioether (sulfide) groups is 1. The van der Waals surface area contributed by atoms with Crippen LogP contribution in [-0.4, -0.2) is 30.8 Å². The normalized spacial score (nSPS) is 11.3. The summed E-state index contributed by atoms with van der Waals surface area (Å²) in [6.07, 6.45) is 0.787. The summed E-state index contributed by atoms with van der Waals surface area (Å²) in [5.74, 6) is 0.124. The van der Waals surface area contributed by atoms with Gasteiger partial charge in [-0.25, -0.2) is 4.39 Å². The highest BCUT2D eigenvalue weighted by Crippen LogP contribution is 2.21. The summed E-state index contributed by atoms with van der Waals surface area (Å²) in [6, 6.07) is 13.3. The molecule has 0 saturated carbocycles. The van der Waals surface area contributed by atoms with E-state index in [1.54, 1.807) is 22.8 Å². The van der Waals surface area contributed by atoms with Gasteiger partial charge in [0.25, 0.3) is 5.56 Å². The van der Waals surface area contributed by atoms with Crippen molar-refractivity contribution in [1.29, 1.82) is 0 Å². The number of carbonyl (C=O) groups excluding carboxylic acids is 1. The number of nitrogens with one attached hydrogen (secondary N) is 1. The second-order valence-electron chi connectivity index (χ2n) is 6.78. The topological polar surface area (TPSA) is 81.3 Å². The van der Waals surface area contributed by atoms with Crippen molar-refractivity contribution in [1.82, 2.24) is 24.5 Å². The first-order valence-electron chi connectivity index (χ1n) is 9.59. The molecule has 0 aliphatic carbocycles. The quantitative estimate of drug-likeness (QED) is 0.461. The Morgan fingerprint density at radius 2 is 1.90 bits per heavy atom. The molecule has 1 amide bonds. The van der Waals surface area contributed by atoms with Crippen LogP contribution in [0.15, 0.2) is 58.5 Å². The number of hydrogen-bond donors (Lipinski definition) is 1. The number of nitrogens with zero attached hydrogens (tertiary/aromatic N) is 4. The fourth-order valence-electron chi connectivity index (χ4n) is 3.24. The van der Waals surface area contributed by atoms with Crippen molar-refractivity contribution in [2.75, 3.05) is 5.75 Å². The minimum Gasteiger partial charge on any atom is -0.351 e. The highest BCUT2D eigenvalue weighted by atomic mass is 32.2. The van der Waals surface area contributed by atoms with Crippen LogP contribution in [0.3, 0.4) is 0 Å². The van der Waals surface area contributed by atoms with Crippen LogP contribution in [0, 0.1) is 5.82 Å². The third kappa shape index (κ3) is 3.93. The van der Waals surface area contributed by atoms with Crippen LogP contribution < -0.4 is 10.9 Å².